The monoisotopic (exact) mass is 240 g/mol. The van der Waals surface area contributed by atoms with Gasteiger partial charge in [0.1, 0.15) is 0 Å². The van der Waals surface area contributed by atoms with Gasteiger partial charge in [-0.15, -0.1) is 0 Å². The molecule has 2 atom stereocenters. The summed E-state index contributed by atoms with van der Waals surface area (Å²) < 4.78 is 0. The fraction of sp³-hybridized carbons (Fsp3) is 1.00. The number of aliphatic hydroxyl groups excluding tert-OH is 1. The molecule has 17 heavy (non-hydrogen) atoms. The van der Waals surface area contributed by atoms with Crippen molar-refractivity contribution in [1.82, 2.24) is 10.2 Å². The molecule has 0 radical (unpaired) electrons. The van der Waals surface area contributed by atoms with E-state index >= 15 is 0 Å². The molecule has 1 saturated heterocycles. The lowest BCUT2D eigenvalue weighted by Gasteiger charge is -2.30. The Labute approximate surface area is 106 Å². The van der Waals surface area contributed by atoms with Crippen molar-refractivity contribution in [3.63, 3.8) is 0 Å². The van der Waals surface area contributed by atoms with E-state index in [1.165, 1.54) is 45.3 Å². The zero-order chi connectivity index (χ0) is 12.3. The molecule has 2 rings (SSSR count). The Morgan fingerprint density at radius 3 is 2.65 bits per heavy atom. The molecule has 2 unspecified atom stereocenters. The molecule has 1 saturated carbocycles. The van der Waals surface area contributed by atoms with Gasteiger partial charge < -0.3 is 15.3 Å². The summed E-state index contributed by atoms with van der Waals surface area (Å²) in [6.45, 7) is 8.51. The van der Waals surface area contributed by atoms with Crippen molar-refractivity contribution in [1.29, 1.82) is 0 Å². The van der Waals surface area contributed by atoms with Gasteiger partial charge in [-0.1, -0.05) is 6.92 Å². The molecule has 0 amide bonds. The molecular weight excluding hydrogens is 212 g/mol. The van der Waals surface area contributed by atoms with Crippen LogP contribution in [0.15, 0.2) is 0 Å². The highest BCUT2D eigenvalue weighted by Gasteiger charge is 2.31. The van der Waals surface area contributed by atoms with Crippen molar-refractivity contribution in [2.24, 2.45) is 5.92 Å². The SMILES string of the molecule is CC1CCN(CCCC(C)(CO)NC2CC2)C1. The van der Waals surface area contributed by atoms with Crippen molar-refractivity contribution < 1.29 is 5.11 Å². The second-order valence-electron chi connectivity index (χ2n) is 6.44. The van der Waals surface area contributed by atoms with Gasteiger partial charge in [0.2, 0.25) is 0 Å². The van der Waals surface area contributed by atoms with E-state index in [4.69, 9.17) is 0 Å². The van der Waals surface area contributed by atoms with Crippen molar-refractivity contribution in [2.45, 2.75) is 57.5 Å². The molecule has 3 nitrogen and oxygen atoms in total. The predicted molar refractivity (Wildman–Crippen MR) is 71.1 cm³/mol. The molecular formula is C14H28N2O. The maximum absolute atomic E-state index is 9.52. The van der Waals surface area contributed by atoms with Crippen molar-refractivity contribution in [3.05, 3.63) is 0 Å². The lowest BCUT2D eigenvalue weighted by atomic mass is 9.96. The van der Waals surface area contributed by atoms with Crippen LogP contribution in [0.3, 0.4) is 0 Å². The highest BCUT2D eigenvalue weighted by Crippen LogP contribution is 2.25. The van der Waals surface area contributed by atoms with E-state index in [1.807, 2.05) is 0 Å². The number of aliphatic hydroxyl groups is 1. The Kier molecular flexibility index (Phi) is 4.45. The normalized spacial score (nSPS) is 29.5. The van der Waals surface area contributed by atoms with Crippen LogP contribution in [0.2, 0.25) is 0 Å². The fourth-order valence-electron chi connectivity index (χ4n) is 2.84. The van der Waals surface area contributed by atoms with Gasteiger partial charge in [0.25, 0.3) is 0 Å². The minimum Gasteiger partial charge on any atom is -0.394 e. The third kappa shape index (κ3) is 4.23. The minimum atomic E-state index is -0.0491. The second-order valence-corrected chi connectivity index (χ2v) is 6.44. The van der Waals surface area contributed by atoms with Gasteiger partial charge in [-0.05, 0) is 58.0 Å². The van der Waals surface area contributed by atoms with Gasteiger partial charge in [0, 0.05) is 18.1 Å². The van der Waals surface area contributed by atoms with Gasteiger partial charge in [0.15, 0.2) is 0 Å². The van der Waals surface area contributed by atoms with E-state index in [9.17, 15) is 5.11 Å². The van der Waals surface area contributed by atoms with Crippen molar-refractivity contribution in [3.8, 4) is 0 Å². The Morgan fingerprint density at radius 2 is 2.12 bits per heavy atom. The van der Waals surface area contributed by atoms with Gasteiger partial charge in [0.05, 0.1) is 6.61 Å². The third-order valence-electron chi connectivity index (χ3n) is 4.19. The predicted octanol–water partition coefficient (Wildman–Crippen LogP) is 1.61. The standard InChI is InChI=1S/C14H28N2O/c1-12-6-9-16(10-12)8-3-7-14(2,11-17)15-13-4-5-13/h12-13,15,17H,3-11H2,1-2H3. The first-order valence-electron chi connectivity index (χ1n) is 7.22. The van der Waals surface area contributed by atoms with Gasteiger partial charge in [-0.25, -0.2) is 0 Å². The summed E-state index contributed by atoms with van der Waals surface area (Å²) >= 11 is 0. The first-order chi connectivity index (χ1) is 8.11. The van der Waals surface area contributed by atoms with Crippen LogP contribution in [0.5, 0.6) is 0 Å². The highest BCUT2D eigenvalue weighted by atomic mass is 16.3. The number of nitrogens with one attached hydrogen (secondary N) is 1. The maximum Gasteiger partial charge on any atom is 0.0610 e. The summed E-state index contributed by atoms with van der Waals surface area (Å²) in [5.41, 5.74) is -0.0491. The molecule has 3 heteroatoms. The summed E-state index contributed by atoms with van der Waals surface area (Å²) in [7, 11) is 0. The fourth-order valence-corrected chi connectivity index (χ4v) is 2.84. The molecule has 1 aliphatic carbocycles. The molecule has 0 aromatic rings. The summed E-state index contributed by atoms with van der Waals surface area (Å²) in [5.74, 6) is 0.879. The number of nitrogens with zero attached hydrogens (tertiary/aromatic N) is 1. The van der Waals surface area contributed by atoms with Crippen LogP contribution in [0.25, 0.3) is 0 Å². The maximum atomic E-state index is 9.52. The first-order valence-corrected chi connectivity index (χ1v) is 7.22. The summed E-state index contributed by atoms with van der Waals surface area (Å²) in [6.07, 6.45) is 6.23. The lowest BCUT2D eigenvalue weighted by molar-refractivity contribution is 0.156. The van der Waals surface area contributed by atoms with Crippen molar-refractivity contribution >= 4 is 0 Å². The molecule has 1 heterocycles. The Bertz CT molecular complexity index is 242. The van der Waals surface area contributed by atoms with Crippen LogP contribution in [0.1, 0.15) is 46.0 Å². The molecule has 0 bridgehead atoms. The van der Waals surface area contributed by atoms with Crippen LogP contribution in [-0.4, -0.2) is 47.8 Å². The minimum absolute atomic E-state index is 0.0491. The van der Waals surface area contributed by atoms with Crippen LogP contribution >= 0.6 is 0 Å². The first kappa shape index (κ1) is 13.3. The van der Waals surface area contributed by atoms with Gasteiger partial charge in [-0.3, -0.25) is 0 Å². The number of likely N-dealkylation sites (tertiary alicyclic amines) is 1. The lowest BCUT2D eigenvalue weighted by Crippen LogP contribution is -2.47. The molecule has 100 valence electrons. The number of hydrogen-bond acceptors (Lipinski definition) is 3. The quantitative estimate of drug-likeness (QED) is 0.710. The van der Waals surface area contributed by atoms with Crippen LogP contribution < -0.4 is 5.32 Å². The Morgan fingerprint density at radius 1 is 1.35 bits per heavy atom. The molecule has 2 aliphatic rings. The zero-order valence-corrected chi connectivity index (χ0v) is 11.4. The number of rotatable bonds is 7. The summed E-state index contributed by atoms with van der Waals surface area (Å²) in [5, 5.41) is 13.1. The summed E-state index contributed by atoms with van der Waals surface area (Å²) in [6, 6.07) is 0.680. The van der Waals surface area contributed by atoms with E-state index in [0.29, 0.717) is 6.04 Å². The molecule has 0 aromatic heterocycles. The van der Waals surface area contributed by atoms with E-state index in [1.54, 1.807) is 0 Å². The van der Waals surface area contributed by atoms with E-state index in [2.05, 4.69) is 24.1 Å². The molecule has 0 aromatic carbocycles. The highest BCUT2D eigenvalue weighted by molar-refractivity contribution is 4.92. The average Bonchev–Trinajstić information content (AvgIpc) is 3.00. The zero-order valence-electron chi connectivity index (χ0n) is 11.4. The average molecular weight is 240 g/mol. The number of hydrogen-bond donors (Lipinski definition) is 2. The van der Waals surface area contributed by atoms with Gasteiger partial charge in [-0.2, -0.15) is 0 Å². The third-order valence-corrected chi connectivity index (χ3v) is 4.19. The smallest absolute Gasteiger partial charge is 0.0610 e. The molecule has 2 N–H and O–H groups in total. The largest absolute Gasteiger partial charge is 0.394 e. The molecule has 2 fully saturated rings. The Balaban J connectivity index is 1.64. The molecule has 0 spiro atoms. The van der Waals surface area contributed by atoms with E-state index in [0.717, 1.165) is 12.3 Å². The van der Waals surface area contributed by atoms with Crippen LogP contribution in [0, 0.1) is 5.92 Å². The van der Waals surface area contributed by atoms with Gasteiger partial charge >= 0.3 is 0 Å². The topological polar surface area (TPSA) is 35.5 Å². The summed E-state index contributed by atoms with van der Waals surface area (Å²) in [4.78, 5) is 2.57. The molecule has 1 aliphatic heterocycles. The van der Waals surface area contributed by atoms with Crippen LogP contribution in [0.4, 0.5) is 0 Å². The second kappa shape index (κ2) is 5.68. The van der Waals surface area contributed by atoms with Crippen molar-refractivity contribution in [2.75, 3.05) is 26.2 Å². The van der Waals surface area contributed by atoms with Crippen LogP contribution in [-0.2, 0) is 0 Å². The van der Waals surface area contributed by atoms with E-state index in [-0.39, 0.29) is 12.1 Å². The Hall–Kier alpha value is -0.120. The van der Waals surface area contributed by atoms with E-state index < -0.39 is 0 Å².